The molecule has 0 aliphatic carbocycles. The molecule has 0 unspecified atom stereocenters. The Labute approximate surface area is 141 Å². The van der Waals surface area contributed by atoms with Gasteiger partial charge in [0.25, 0.3) is 5.69 Å². The first-order chi connectivity index (χ1) is 9.70. The van der Waals surface area contributed by atoms with E-state index in [0.29, 0.717) is 16.5 Å². The molecule has 2 aromatic rings. The molecule has 0 N–H and O–H groups in total. The van der Waals surface area contributed by atoms with Crippen LogP contribution in [-0.2, 0) is 5.41 Å². The zero-order valence-corrected chi connectivity index (χ0v) is 14.6. The highest BCUT2D eigenvalue weighted by atomic mass is 127. The molecule has 0 saturated carbocycles. The van der Waals surface area contributed by atoms with Gasteiger partial charge < -0.3 is 0 Å². The molecule has 1 aromatic carbocycles. The second-order valence-corrected chi connectivity index (χ2v) is 6.99. The van der Waals surface area contributed by atoms with E-state index in [9.17, 15) is 10.1 Å². The third-order valence-electron chi connectivity index (χ3n) is 2.86. The lowest BCUT2D eigenvalue weighted by Crippen LogP contribution is -2.17. The highest BCUT2D eigenvalue weighted by Crippen LogP contribution is 2.31. The number of non-ortho nitro benzene ring substituents is 1. The van der Waals surface area contributed by atoms with E-state index < -0.39 is 4.92 Å². The van der Waals surface area contributed by atoms with Crippen LogP contribution in [0.5, 0.6) is 0 Å². The molecule has 0 aliphatic heterocycles. The van der Waals surface area contributed by atoms with E-state index in [-0.39, 0.29) is 11.1 Å². The molecule has 0 bridgehead atoms. The third kappa shape index (κ3) is 3.49. The average molecular weight is 418 g/mol. The second kappa shape index (κ2) is 5.84. The average Bonchev–Trinajstić information content (AvgIpc) is 2.40. The molecular weight excluding hydrogens is 405 g/mol. The lowest BCUT2D eigenvalue weighted by atomic mass is 9.92. The van der Waals surface area contributed by atoms with Crippen molar-refractivity contribution in [2.24, 2.45) is 0 Å². The Morgan fingerprint density at radius 3 is 2.24 bits per heavy atom. The molecule has 0 radical (unpaired) electrons. The molecule has 21 heavy (non-hydrogen) atoms. The van der Waals surface area contributed by atoms with E-state index in [1.807, 2.05) is 20.8 Å². The van der Waals surface area contributed by atoms with Crippen LogP contribution < -0.4 is 0 Å². The van der Waals surface area contributed by atoms with Gasteiger partial charge in [-0.15, -0.1) is 0 Å². The van der Waals surface area contributed by atoms with Gasteiger partial charge in [-0.1, -0.05) is 32.4 Å². The summed E-state index contributed by atoms with van der Waals surface area (Å²) in [5.74, 6) is 0.472. The van der Waals surface area contributed by atoms with Crippen LogP contribution in [0.3, 0.4) is 0 Å². The maximum Gasteiger partial charge on any atom is 0.269 e. The Hall–Kier alpha value is -1.28. The summed E-state index contributed by atoms with van der Waals surface area (Å²) in [5.41, 5.74) is 1.42. The standard InChI is InChI=1S/C14H13ClIN3O2/c1-14(2,3)11-10(16)12(15)18-13(17-11)8-4-6-9(7-5-8)19(20)21/h4-7H,1-3H3. The molecule has 0 spiro atoms. The van der Waals surface area contributed by atoms with Crippen molar-refractivity contribution >= 4 is 39.9 Å². The van der Waals surface area contributed by atoms with Crippen LogP contribution in [-0.4, -0.2) is 14.9 Å². The fourth-order valence-electron chi connectivity index (χ4n) is 1.78. The van der Waals surface area contributed by atoms with Crippen LogP contribution in [0.25, 0.3) is 11.4 Å². The van der Waals surface area contributed by atoms with Crippen LogP contribution in [0.2, 0.25) is 5.15 Å². The van der Waals surface area contributed by atoms with Crippen molar-refractivity contribution < 1.29 is 4.92 Å². The van der Waals surface area contributed by atoms with Crippen LogP contribution in [0, 0.1) is 13.7 Å². The molecule has 0 fully saturated rings. The van der Waals surface area contributed by atoms with Gasteiger partial charge in [0.15, 0.2) is 5.82 Å². The molecule has 0 amide bonds. The van der Waals surface area contributed by atoms with Gasteiger partial charge in [0.1, 0.15) is 5.15 Å². The zero-order valence-electron chi connectivity index (χ0n) is 11.7. The van der Waals surface area contributed by atoms with Crippen LogP contribution in [0.4, 0.5) is 5.69 Å². The SMILES string of the molecule is CC(C)(C)c1nc(-c2ccc([N+](=O)[O-])cc2)nc(Cl)c1I. The molecule has 0 atom stereocenters. The van der Waals surface area contributed by atoms with E-state index in [2.05, 4.69) is 32.6 Å². The van der Waals surface area contributed by atoms with Crippen LogP contribution in [0.1, 0.15) is 26.5 Å². The Morgan fingerprint density at radius 1 is 1.19 bits per heavy atom. The number of nitro groups is 1. The molecule has 110 valence electrons. The molecule has 7 heteroatoms. The predicted octanol–water partition coefficient (Wildman–Crippen LogP) is 4.61. The number of hydrogen-bond acceptors (Lipinski definition) is 4. The van der Waals surface area contributed by atoms with Crippen molar-refractivity contribution in [1.29, 1.82) is 0 Å². The van der Waals surface area contributed by atoms with Gasteiger partial charge in [-0.2, -0.15) is 0 Å². The molecule has 5 nitrogen and oxygen atoms in total. The molecule has 1 aromatic heterocycles. The van der Waals surface area contributed by atoms with Crippen molar-refractivity contribution in [2.75, 3.05) is 0 Å². The van der Waals surface area contributed by atoms with E-state index in [1.165, 1.54) is 12.1 Å². The van der Waals surface area contributed by atoms with Crippen molar-refractivity contribution in [1.82, 2.24) is 9.97 Å². The lowest BCUT2D eigenvalue weighted by Gasteiger charge is -2.20. The number of benzene rings is 1. The first-order valence-electron chi connectivity index (χ1n) is 6.18. The van der Waals surface area contributed by atoms with E-state index in [1.54, 1.807) is 12.1 Å². The number of nitrogens with zero attached hydrogens (tertiary/aromatic N) is 3. The van der Waals surface area contributed by atoms with Gasteiger partial charge in [-0.05, 0) is 34.7 Å². The summed E-state index contributed by atoms with van der Waals surface area (Å²) in [7, 11) is 0. The largest absolute Gasteiger partial charge is 0.269 e. The van der Waals surface area contributed by atoms with E-state index in [4.69, 9.17) is 11.6 Å². The van der Waals surface area contributed by atoms with Crippen molar-refractivity contribution in [2.45, 2.75) is 26.2 Å². The van der Waals surface area contributed by atoms with Gasteiger partial charge >= 0.3 is 0 Å². The highest BCUT2D eigenvalue weighted by Gasteiger charge is 2.23. The third-order valence-corrected chi connectivity index (χ3v) is 4.47. The molecular formula is C14H13ClIN3O2. The van der Waals surface area contributed by atoms with E-state index in [0.717, 1.165) is 9.26 Å². The summed E-state index contributed by atoms with van der Waals surface area (Å²) in [6.07, 6.45) is 0. The quantitative estimate of drug-likeness (QED) is 0.310. The van der Waals surface area contributed by atoms with Crippen molar-refractivity contribution in [3.8, 4) is 11.4 Å². The number of halogens is 2. The smallest absolute Gasteiger partial charge is 0.258 e. The maximum atomic E-state index is 10.7. The van der Waals surface area contributed by atoms with Gasteiger partial charge in [-0.3, -0.25) is 10.1 Å². The predicted molar refractivity (Wildman–Crippen MR) is 90.5 cm³/mol. The zero-order chi connectivity index (χ0) is 15.8. The summed E-state index contributed by atoms with van der Waals surface area (Å²) < 4.78 is 0.826. The normalized spacial score (nSPS) is 11.5. The molecule has 0 saturated heterocycles. The Bertz CT molecular complexity index is 697. The summed E-state index contributed by atoms with van der Waals surface area (Å²) in [5, 5.41) is 11.1. The fraction of sp³-hybridized carbons (Fsp3) is 0.286. The minimum atomic E-state index is -0.438. The van der Waals surface area contributed by atoms with Crippen molar-refractivity contribution in [3.05, 3.63) is 48.8 Å². The van der Waals surface area contributed by atoms with Gasteiger partial charge in [0.2, 0.25) is 0 Å². The topological polar surface area (TPSA) is 68.9 Å². The Morgan fingerprint density at radius 2 is 1.76 bits per heavy atom. The monoisotopic (exact) mass is 417 g/mol. The number of aromatic nitrogens is 2. The number of nitro benzene ring substituents is 1. The summed E-state index contributed by atoms with van der Waals surface area (Å²) in [4.78, 5) is 19.1. The molecule has 0 aliphatic rings. The van der Waals surface area contributed by atoms with Crippen LogP contribution >= 0.6 is 34.2 Å². The van der Waals surface area contributed by atoms with Gasteiger partial charge in [0.05, 0.1) is 14.2 Å². The minimum absolute atomic E-state index is 0.0337. The summed E-state index contributed by atoms with van der Waals surface area (Å²) in [6, 6.07) is 6.12. The van der Waals surface area contributed by atoms with Gasteiger partial charge in [-0.25, -0.2) is 9.97 Å². The van der Waals surface area contributed by atoms with E-state index >= 15 is 0 Å². The van der Waals surface area contributed by atoms with Gasteiger partial charge in [0, 0.05) is 23.1 Å². The number of rotatable bonds is 2. The highest BCUT2D eigenvalue weighted by molar-refractivity contribution is 14.1. The maximum absolute atomic E-state index is 10.7. The lowest BCUT2D eigenvalue weighted by molar-refractivity contribution is -0.384. The number of hydrogen-bond donors (Lipinski definition) is 0. The first-order valence-corrected chi connectivity index (χ1v) is 7.64. The second-order valence-electron chi connectivity index (χ2n) is 5.55. The fourth-order valence-corrected chi connectivity index (χ4v) is 3.00. The van der Waals surface area contributed by atoms with Crippen molar-refractivity contribution in [3.63, 3.8) is 0 Å². The Kier molecular flexibility index (Phi) is 4.48. The van der Waals surface area contributed by atoms with Crippen LogP contribution in [0.15, 0.2) is 24.3 Å². The summed E-state index contributed by atoms with van der Waals surface area (Å²) in [6.45, 7) is 6.15. The summed E-state index contributed by atoms with van der Waals surface area (Å²) >= 11 is 8.32. The molecule has 1 heterocycles. The first kappa shape index (κ1) is 16.1. The molecule has 2 rings (SSSR count). The minimum Gasteiger partial charge on any atom is -0.258 e. The Balaban J connectivity index is 2.54.